The number of rotatable bonds is 2. The molecule has 3 nitrogen and oxygen atoms in total. The summed E-state index contributed by atoms with van der Waals surface area (Å²) in [7, 11) is 0. The lowest BCUT2D eigenvalue weighted by molar-refractivity contribution is 0.101. The normalized spacial score (nSPS) is 10.3. The summed E-state index contributed by atoms with van der Waals surface area (Å²) in [6, 6.07) is 2.86. The highest BCUT2D eigenvalue weighted by molar-refractivity contribution is 7.13. The Morgan fingerprint density at radius 2 is 2.27 bits per heavy atom. The highest BCUT2D eigenvalue weighted by atomic mass is 32.1. The predicted molar refractivity (Wildman–Crippen MR) is 55.3 cm³/mol. The van der Waals surface area contributed by atoms with Crippen LogP contribution >= 0.6 is 11.3 Å². The van der Waals surface area contributed by atoms with Crippen LogP contribution < -0.4 is 0 Å². The van der Waals surface area contributed by atoms with E-state index in [9.17, 15) is 9.18 Å². The van der Waals surface area contributed by atoms with Gasteiger partial charge in [0, 0.05) is 12.3 Å². The molecule has 2 aromatic rings. The predicted octanol–water partition coefficient (Wildman–Crippen LogP) is 2.55. The largest absolute Gasteiger partial charge is 0.293 e. The summed E-state index contributed by atoms with van der Waals surface area (Å²) < 4.78 is 12.6. The van der Waals surface area contributed by atoms with Crippen molar-refractivity contribution in [3.63, 3.8) is 0 Å². The summed E-state index contributed by atoms with van der Waals surface area (Å²) in [4.78, 5) is 19.0. The SMILES string of the molecule is CC(=O)c1csc(-c2ccc(F)cn2)n1. The fourth-order valence-electron chi connectivity index (χ4n) is 1.06. The first-order valence-corrected chi connectivity index (χ1v) is 5.13. The summed E-state index contributed by atoms with van der Waals surface area (Å²) in [5.41, 5.74) is 0.995. The quantitative estimate of drug-likeness (QED) is 0.733. The van der Waals surface area contributed by atoms with Gasteiger partial charge in [0.05, 0.1) is 11.9 Å². The monoisotopic (exact) mass is 222 g/mol. The molecule has 0 saturated carbocycles. The molecule has 0 aromatic carbocycles. The Hall–Kier alpha value is -1.62. The molecule has 0 aliphatic rings. The van der Waals surface area contributed by atoms with Gasteiger partial charge in [0.1, 0.15) is 16.5 Å². The van der Waals surface area contributed by atoms with Crippen molar-refractivity contribution >= 4 is 17.1 Å². The number of pyridine rings is 1. The lowest BCUT2D eigenvalue weighted by Gasteiger charge is -1.93. The second-order valence-corrected chi connectivity index (χ2v) is 3.81. The smallest absolute Gasteiger partial charge is 0.178 e. The molecule has 0 fully saturated rings. The van der Waals surface area contributed by atoms with E-state index >= 15 is 0 Å². The number of nitrogens with zero attached hydrogens (tertiary/aromatic N) is 2. The number of ketones is 1. The van der Waals surface area contributed by atoms with Crippen LogP contribution in [0.4, 0.5) is 4.39 Å². The van der Waals surface area contributed by atoms with Crippen LogP contribution in [0.5, 0.6) is 0 Å². The molecule has 2 heterocycles. The Labute approximate surface area is 89.6 Å². The van der Waals surface area contributed by atoms with E-state index in [2.05, 4.69) is 9.97 Å². The number of hydrogen-bond acceptors (Lipinski definition) is 4. The van der Waals surface area contributed by atoms with Gasteiger partial charge in [-0.25, -0.2) is 9.37 Å². The molecule has 0 radical (unpaired) electrons. The molecule has 0 spiro atoms. The molecule has 0 atom stereocenters. The van der Waals surface area contributed by atoms with E-state index in [1.54, 1.807) is 5.38 Å². The summed E-state index contributed by atoms with van der Waals surface area (Å²) >= 11 is 1.32. The molecular weight excluding hydrogens is 215 g/mol. The van der Waals surface area contributed by atoms with E-state index in [0.717, 1.165) is 6.20 Å². The van der Waals surface area contributed by atoms with Gasteiger partial charge in [-0.3, -0.25) is 9.78 Å². The molecule has 0 aliphatic carbocycles. The molecule has 0 N–H and O–H groups in total. The number of carbonyl (C=O) groups is 1. The van der Waals surface area contributed by atoms with Gasteiger partial charge in [0.15, 0.2) is 5.78 Å². The number of thiazole rings is 1. The first kappa shape index (κ1) is 9.92. The zero-order chi connectivity index (χ0) is 10.8. The van der Waals surface area contributed by atoms with Crippen molar-refractivity contribution < 1.29 is 9.18 Å². The second-order valence-electron chi connectivity index (χ2n) is 2.96. The molecule has 0 bridgehead atoms. The summed E-state index contributed by atoms with van der Waals surface area (Å²) in [6.45, 7) is 1.46. The molecule has 0 unspecified atom stereocenters. The van der Waals surface area contributed by atoms with E-state index in [1.165, 1.54) is 30.4 Å². The zero-order valence-electron chi connectivity index (χ0n) is 7.90. The average Bonchev–Trinajstić information content (AvgIpc) is 2.68. The van der Waals surface area contributed by atoms with E-state index in [4.69, 9.17) is 0 Å². The van der Waals surface area contributed by atoms with Crippen LogP contribution in [0.2, 0.25) is 0 Å². The number of hydrogen-bond donors (Lipinski definition) is 0. The number of Topliss-reactive ketones (excluding diaryl/α,β-unsaturated/α-hetero) is 1. The van der Waals surface area contributed by atoms with Gasteiger partial charge < -0.3 is 0 Å². The third kappa shape index (κ3) is 2.07. The molecule has 5 heteroatoms. The Kier molecular flexibility index (Phi) is 2.55. The van der Waals surface area contributed by atoms with Gasteiger partial charge in [-0.1, -0.05) is 0 Å². The maximum Gasteiger partial charge on any atom is 0.178 e. The van der Waals surface area contributed by atoms with Crippen molar-refractivity contribution in [2.24, 2.45) is 0 Å². The second kappa shape index (κ2) is 3.86. The molecule has 2 rings (SSSR count). The van der Waals surface area contributed by atoms with Crippen LogP contribution in [0.3, 0.4) is 0 Å². The first-order valence-electron chi connectivity index (χ1n) is 4.25. The maximum atomic E-state index is 12.6. The lowest BCUT2D eigenvalue weighted by atomic mass is 10.3. The fraction of sp³-hybridized carbons (Fsp3) is 0.100. The van der Waals surface area contributed by atoms with E-state index in [0.29, 0.717) is 16.4 Å². The minimum atomic E-state index is -0.387. The summed E-state index contributed by atoms with van der Waals surface area (Å²) in [6.07, 6.45) is 1.13. The third-order valence-electron chi connectivity index (χ3n) is 1.81. The van der Waals surface area contributed by atoms with E-state index in [-0.39, 0.29) is 11.6 Å². The molecule has 0 aliphatic heterocycles. The first-order chi connectivity index (χ1) is 7.16. The highest BCUT2D eigenvalue weighted by Crippen LogP contribution is 2.21. The van der Waals surface area contributed by atoms with E-state index in [1.807, 2.05) is 0 Å². The fourth-order valence-corrected chi connectivity index (χ4v) is 1.89. The molecule has 0 amide bonds. The van der Waals surface area contributed by atoms with Crippen molar-refractivity contribution in [3.8, 4) is 10.7 Å². The molecule has 76 valence electrons. The van der Waals surface area contributed by atoms with Gasteiger partial charge in [-0.2, -0.15) is 0 Å². The van der Waals surface area contributed by atoms with E-state index < -0.39 is 0 Å². The average molecular weight is 222 g/mol. The van der Waals surface area contributed by atoms with Crippen LogP contribution in [0.1, 0.15) is 17.4 Å². The van der Waals surface area contributed by atoms with Gasteiger partial charge in [0.25, 0.3) is 0 Å². The van der Waals surface area contributed by atoms with Gasteiger partial charge in [-0.05, 0) is 12.1 Å². The highest BCUT2D eigenvalue weighted by Gasteiger charge is 2.08. The topological polar surface area (TPSA) is 42.9 Å². The number of carbonyl (C=O) groups excluding carboxylic acids is 1. The van der Waals surface area contributed by atoms with Crippen molar-refractivity contribution in [1.82, 2.24) is 9.97 Å². The molecular formula is C10H7FN2OS. The maximum absolute atomic E-state index is 12.6. The van der Waals surface area contributed by atoms with Crippen LogP contribution in [0, 0.1) is 5.82 Å². The lowest BCUT2D eigenvalue weighted by Crippen LogP contribution is -1.91. The van der Waals surface area contributed by atoms with Crippen LogP contribution in [-0.4, -0.2) is 15.8 Å². The van der Waals surface area contributed by atoms with Gasteiger partial charge >= 0.3 is 0 Å². The van der Waals surface area contributed by atoms with Crippen LogP contribution in [0.25, 0.3) is 10.7 Å². The van der Waals surface area contributed by atoms with Crippen molar-refractivity contribution in [1.29, 1.82) is 0 Å². The van der Waals surface area contributed by atoms with Gasteiger partial charge in [0.2, 0.25) is 0 Å². The van der Waals surface area contributed by atoms with Crippen molar-refractivity contribution in [2.75, 3.05) is 0 Å². The molecule has 2 aromatic heterocycles. The Morgan fingerprint density at radius 1 is 1.47 bits per heavy atom. The van der Waals surface area contributed by atoms with Crippen molar-refractivity contribution in [3.05, 3.63) is 35.2 Å². The summed E-state index contributed by atoms with van der Waals surface area (Å²) in [5.74, 6) is -0.471. The molecule has 0 saturated heterocycles. The Morgan fingerprint density at radius 3 is 2.80 bits per heavy atom. The minimum Gasteiger partial charge on any atom is -0.293 e. The van der Waals surface area contributed by atoms with Crippen LogP contribution in [-0.2, 0) is 0 Å². The minimum absolute atomic E-state index is 0.0837. The third-order valence-corrected chi connectivity index (χ3v) is 2.68. The number of halogens is 1. The zero-order valence-corrected chi connectivity index (χ0v) is 8.71. The summed E-state index contributed by atoms with van der Waals surface area (Å²) in [5, 5.41) is 2.29. The van der Waals surface area contributed by atoms with Crippen LogP contribution in [0.15, 0.2) is 23.7 Å². The Balaban J connectivity index is 2.37. The molecule has 15 heavy (non-hydrogen) atoms. The standard InChI is InChI=1S/C10H7FN2OS/c1-6(14)9-5-15-10(13-9)8-3-2-7(11)4-12-8/h2-5H,1H3. The number of aromatic nitrogens is 2. The Bertz CT molecular complexity index is 492. The van der Waals surface area contributed by atoms with Gasteiger partial charge in [-0.15, -0.1) is 11.3 Å². The van der Waals surface area contributed by atoms with Crippen molar-refractivity contribution in [2.45, 2.75) is 6.92 Å².